The fraction of sp³-hybridized carbons (Fsp3) is 0.464. The Morgan fingerprint density at radius 2 is 1.83 bits per heavy atom. The molecule has 2 aliphatic rings. The number of benzene rings is 1. The first-order valence-corrected chi connectivity index (χ1v) is 12.7. The zero-order chi connectivity index (χ0) is 24.2. The lowest BCUT2D eigenvalue weighted by Crippen LogP contribution is -2.33. The van der Waals surface area contributed by atoms with Crippen LogP contribution >= 0.6 is 0 Å². The van der Waals surface area contributed by atoms with Crippen LogP contribution in [-0.4, -0.2) is 40.4 Å². The number of aryl methyl sites for hydroxylation is 3. The van der Waals surface area contributed by atoms with Crippen molar-refractivity contribution in [3.8, 4) is 11.8 Å². The van der Waals surface area contributed by atoms with E-state index in [1.165, 1.54) is 11.1 Å². The summed E-state index contributed by atoms with van der Waals surface area (Å²) in [6.45, 7) is 7.71. The first kappa shape index (κ1) is 23.7. The van der Waals surface area contributed by atoms with Crippen molar-refractivity contribution >= 4 is 5.82 Å². The van der Waals surface area contributed by atoms with E-state index in [-0.39, 0.29) is 18.2 Å². The lowest BCUT2D eigenvalue weighted by Gasteiger charge is -2.30. The molecule has 3 heterocycles. The summed E-state index contributed by atoms with van der Waals surface area (Å²) >= 11 is 0. The summed E-state index contributed by atoms with van der Waals surface area (Å²) in [5, 5.41) is 3.73. The van der Waals surface area contributed by atoms with Crippen LogP contribution < -0.4 is 10.1 Å². The minimum Gasteiger partial charge on any atom is -0.419 e. The minimum absolute atomic E-state index is 0.0172. The van der Waals surface area contributed by atoms with Gasteiger partial charge in [0, 0.05) is 31.9 Å². The number of pyridine rings is 1. The van der Waals surface area contributed by atoms with Crippen LogP contribution in [0.4, 0.5) is 5.82 Å². The number of nitrogens with zero attached hydrogens (tertiary/aromatic N) is 3. The van der Waals surface area contributed by atoms with Crippen LogP contribution in [0.25, 0.3) is 0 Å². The average Bonchev–Trinajstić information content (AvgIpc) is 3.22. The van der Waals surface area contributed by atoms with E-state index in [4.69, 9.17) is 24.2 Å². The van der Waals surface area contributed by atoms with E-state index in [2.05, 4.69) is 48.4 Å². The predicted molar refractivity (Wildman–Crippen MR) is 135 cm³/mol. The van der Waals surface area contributed by atoms with Crippen LogP contribution in [0.5, 0.6) is 11.8 Å². The zero-order valence-electron chi connectivity index (χ0n) is 20.8. The normalized spacial score (nSPS) is 20.0. The van der Waals surface area contributed by atoms with Crippen LogP contribution in [0.3, 0.4) is 0 Å². The Kier molecular flexibility index (Phi) is 7.25. The highest BCUT2D eigenvalue weighted by Gasteiger charge is 2.36. The number of ether oxygens (including phenoxy) is 3. The van der Waals surface area contributed by atoms with Crippen LogP contribution in [0.2, 0.25) is 0 Å². The van der Waals surface area contributed by atoms with Gasteiger partial charge in [-0.05, 0) is 55.4 Å². The van der Waals surface area contributed by atoms with Gasteiger partial charge in [-0.1, -0.05) is 38.1 Å². The van der Waals surface area contributed by atoms with E-state index < -0.39 is 0 Å². The number of hydrogen-bond donors (Lipinski definition) is 1. The maximum atomic E-state index is 6.64. The standard InChI is InChI=1S/C28H34N4O3/c1-4-22-27(30-23(5-2)28(31-22)35-25-16-18(3)10-13-29-25)32-26-21-9-7-6-8-19(21)17-24(26)34-20-11-14-33-15-12-20/h6-10,13,16,20,24,26H,4-5,11-12,14-15,17H2,1-3H3,(H,30,32)/t24-,26+/m0/s1. The second-order valence-corrected chi connectivity index (χ2v) is 9.26. The van der Waals surface area contributed by atoms with Gasteiger partial charge in [0.1, 0.15) is 11.5 Å². The van der Waals surface area contributed by atoms with Gasteiger partial charge >= 0.3 is 0 Å². The lowest BCUT2D eigenvalue weighted by molar-refractivity contribution is -0.0701. The SMILES string of the molecule is CCc1nc(Oc2cc(C)ccn2)c(CC)nc1N[C@@H]1c2ccccc2C[C@@H]1OC1CCOCC1. The zero-order valence-corrected chi connectivity index (χ0v) is 20.8. The first-order valence-electron chi connectivity index (χ1n) is 12.7. The quantitative estimate of drug-likeness (QED) is 0.470. The van der Waals surface area contributed by atoms with E-state index in [9.17, 15) is 0 Å². The van der Waals surface area contributed by atoms with Gasteiger partial charge in [0.05, 0.1) is 23.9 Å². The van der Waals surface area contributed by atoms with Crippen molar-refractivity contribution in [3.63, 3.8) is 0 Å². The maximum Gasteiger partial charge on any atom is 0.243 e. The molecule has 184 valence electrons. The molecule has 0 amide bonds. The Labute approximate surface area is 207 Å². The van der Waals surface area contributed by atoms with E-state index >= 15 is 0 Å². The van der Waals surface area contributed by atoms with E-state index in [1.807, 2.05) is 19.1 Å². The molecule has 0 unspecified atom stereocenters. The van der Waals surface area contributed by atoms with Gasteiger partial charge in [-0.3, -0.25) is 0 Å². The fourth-order valence-corrected chi connectivity index (χ4v) is 4.89. The smallest absolute Gasteiger partial charge is 0.243 e. The Hall–Kier alpha value is -3.03. The van der Waals surface area contributed by atoms with Crippen LogP contribution in [-0.2, 0) is 28.7 Å². The molecule has 7 nitrogen and oxygen atoms in total. The number of aromatic nitrogens is 3. The van der Waals surface area contributed by atoms with Gasteiger partial charge < -0.3 is 19.5 Å². The van der Waals surface area contributed by atoms with Gasteiger partial charge in [0.25, 0.3) is 0 Å². The molecule has 2 atom stereocenters. The summed E-state index contributed by atoms with van der Waals surface area (Å²) in [7, 11) is 0. The molecule has 0 saturated carbocycles. The van der Waals surface area contributed by atoms with Crippen LogP contribution in [0, 0.1) is 6.92 Å². The molecule has 1 aliphatic heterocycles. The Morgan fingerprint density at radius 1 is 1.03 bits per heavy atom. The molecular weight excluding hydrogens is 440 g/mol. The number of nitrogens with one attached hydrogen (secondary N) is 1. The molecule has 35 heavy (non-hydrogen) atoms. The molecule has 0 spiro atoms. The molecular formula is C28H34N4O3. The monoisotopic (exact) mass is 474 g/mol. The molecule has 3 aromatic rings. The van der Waals surface area contributed by atoms with E-state index in [0.717, 1.165) is 61.7 Å². The molecule has 0 radical (unpaired) electrons. The molecule has 7 heteroatoms. The summed E-state index contributed by atoms with van der Waals surface area (Å²) in [6, 6.07) is 12.5. The highest BCUT2D eigenvalue weighted by molar-refractivity contribution is 5.50. The summed E-state index contributed by atoms with van der Waals surface area (Å²) in [4.78, 5) is 14.2. The molecule has 5 rings (SSSR count). The van der Waals surface area contributed by atoms with E-state index in [1.54, 1.807) is 6.20 Å². The van der Waals surface area contributed by atoms with Crippen molar-refractivity contribution in [1.29, 1.82) is 0 Å². The number of rotatable bonds is 8. The molecule has 2 aromatic heterocycles. The number of hydrogen-bond acceptors (Lipinski definition) is 7. The molecule has 1 aliphatic carbocycles. The fourth-order valence-electron chi connectivity index (χ4n) is 4.89. The second kappa shape index (κ2) is 10.7. The molecule has 0 bridgehead atoms. The van der Waals surface area contributed by atoms with Crippen LogP contribution in [0.1, 0.15) is 60.8 Å². The predicted octanol–water partition coefficient (Wildman–Crippen LogP) is 5.37. The highest BCUT2D eigenvalue weighted by Crippen LogP contribution is 2.38. The second-order valence-electron chi connectivity index (χ2n) is 9.26. The largest absolute Gasteiger partial charge is 0.419 e. The minimum atomic E-state index is 0.0172. The highest BCUT2D eigenvalue weighted by atomic mass is 16.5. The lowest BCUT2D eigenvalue weighted by atomic mass is 10.1. The molecule has 1 aromatic carbocycles. The Bertz CT molecular complexity index is 1160. The number of fused-ring (bicyclic) bond motifs is 1. The average molecular weight is 475 g/mol. The topological polar surface area (TPSA) is 78.4 Å². The maximum absolute atomic E-state index is 6.64. The number of anilines is 1. The van der Waals surface area contributed by atoms with Crippen molar-refractivity contribution in [2.24, 2.45) is 0 Å². The van der Waals surface area contributed by atoms with Crippen molar-refractivity contribution in [2.75, 3.05) is 18.5 Å². The third-order valence-electron chi connectivity index (χ3n) is 6.78. The summed E-state index contributed by atoms with van der Waals surface area (Å²) < 4.78 is 18.3. The molecule has 1 N–H and O–H groups in total. The van der Waals surface area contributed by atoms with Gasteiger partial charge in [0.2, 0.25) is 11.8 Å². The van der Waals surface area contributed by atoms with Gasteiger partial charge in [-0.25, -0.2) is 15.0 Å². The third kappa shape index (κ3) is 5.31. The van der Waals surface area contributed by atoms with E-state index in [0.29, 0.717) is 18.2 Å². The summed E-state index contributed by atoms with van der Waals surface area (Å²) in [5.41, 5.74) is 5.37. The Balaban J connectivity index is 1.43. The first-order chi connectivity index (χ1) is 17.1. The summed E-state index contributed by atoms with van der Waals surface area (Å²) in [6.07, 6.45) is 6.23. The van der Waals surface area contributed by atoms with Crippen molar-refractivity contribution < 1.29 is 14.2 Å². The Morgan fingerprint density at radius 3 is 2.60 bits per heavy atom. The van der Waals surface area contributed by atoms with Crippen molar-refractivity contribution in [2.45, 2.75) is 71.1 Å². The summed E-state index contributed by atoms with van der Waals surface area (Å²) in [5.74, 6) is 1.86. The van der Waals surface area contributed by atoms with Crippen molar-refractivity contribution in [1.82, 2.24) is 15.0 Å². The van der Waals surface area contributed by atoms with Crippen molar-refractivity contribution in [3.05, 3.63) is 70.7 Å². The van der Waals surface area contributed by atoms with Gasteiger partial charge in [-0.2, -0.15) is 0 Å². The van der Waals surface area contributed by atoms with Gasteiger partial charge in [0.15, 0.2) is 0 Å². The molecule has 1 fully saturated rings. The van der Waals surface area contributed by atoms with Crippen LogP contribution in [0.15, 0.2) is 42.6 Å². The molecule has 1 saturated heterocycles. The third-order valence-corrected chi connectivity index (χ3v) is 6.78. The van der Waals surface area contributed by atoms with Gasteiger partial charge in [-0.15, -0.1) is 0 Å².